The Morgan fingerprint density at radius 3 is 2.50 bits per heavy atom. The molecule has 3 aromatic carbocycles. The fourth-order valence-electron chi connectivity index (χ4n) is 3.29. The average Bonchev–Trinajstić information content (AvgIpc) is 2.86. The lowest BCUT2D eigenvalue weighted by atomic mass is 9.99. The molecule has 0 aromatic heterocycles. The van der Waals surface area contributed by atoms with Crippen LogP contribution in [0.3, 0.4) is 0 Å². The van der Waals surface area contributed by atoms with Crippen molar-refractivity contribution in [1.29, 1.82) is 0 Å². The van der Waals surface area contributed by atoms with Gasteiger partial charge < -0.3 is 5.11 Å². The topological polar surface area (TPSA) is 32.6 Å². The Balaban J connectivity index is 1.87. The smallest absolute Gasteiger partial charge is 0.125 e. The number of aliphatic imine (C=N–C) groups is 1. The summed E-state index contributed by atoms with van der Waals surface area (Å²) in [7, 11) is 0. The lowest BCUT2D eigenvalue weighted by Gasteiger charge is -2.17. The molecule has 1 atom stereocenters. The Morgan fingerprint density at radius 1 is 1.00 bits per heavy atom. The SMILES string of the molecule is Cc1ccc(C2CC(c3cc(Cl)c(C)cc3O)=Nc3cccc(Cl)c3S2)cc1. The van der Waals surface area contributed by atoms with Gasteiger partial charge in [-0.15, -0.1) is 11.8 Å². The summed E-state index contributed by atoms with van der Waals surface area (Å²) in [5.41, 5.74) is 5.55. The molecule has 0 saturated heterocycles. The monoisotopic (exact) mass is 427 g/mol. The molecule has 1 aliphatic heterocycles. The van der Waals surface area contributed by atoms with Gasteiger partial charge >= 0.3 is 0 Å². The molecule has 0 fully saturated rings. The maximum absolute atomic E-state index is 10.6. The van der Waals surface area contributed by atoms with E-state index in [1.54, 1.807) is 23.9 Å². The van der Waals surface area contributed by atoms with Crippen molar-refractivity contribution in [2.45, 2.75) is 30.4 Å². The molecule has 1 aliphatic rings. The summed E-state index contributed by atoms with van der Waals surface area (Å²) in [6, 6.07) is 17.8. The second-order valence-corrected chi connectivity index (χ2v) is 9.01. The molecule has 0 aliphatic carbocycles. The van der Waals surface area contributed by atoms with Gasteiger partial charge in [0.1, 0.15) is 5.75 Å². The molecular weight excluding hydrogens is 409 g/mol. The van der Waals surface area contributed by atoms with Crippen molar-refractivity contribution in [1.82, 2.24) is 0 Å². The molecule has 1 heterocycles. The van der Waals surface area contributed by atoms with E-state index in [1.807, 2.05) is 25.1 Å². The number of hydrogen-bond acceptors (Lipinski definition) is 3. The first-order valence-electron chi connectivity index (χ1n) is 9.01. The highest BCUT2D eigenvalue weighted by Crippen LogP contribution is 2.49. The van der Waals surface area contributed by atoms with Gasteiger partial charge in [0, 0.05) is 22.3 Å². The van der Waals surface area contributed by atoms with Gasteiger partial charge in [0.15, 0.2) is 0 Å². The highest BCUT2D eigenvalue weighted by atomic mass is 35.5. The van der Waals surface area contributed by atoms with Gasteiger partial charge in [-0.2, -0.15) is 0 Å². The standard InChI is InChI=1S/C23H19Cl2NOS/c1-13-6-8-15(9-7-13)22-12-20(16-11-18(25)14(2)10-21(16)27)26-19-5-3-4-17(24)23(19)28-22/h3-11,22,27H,12H2,1-2H3. The van der Waals surface area contributed by atoms with Crippen molar-refractivity contribution in [3.05, 3.63) is 86.9 Å². The first-order valence-corrected chi connectivity index (χ1v) is 10.6. The molecule has 2 nitrogen and oxygen atoms in total. The van der Waals surface area contributed by atoms with Crippen molar-refractivity contribution >= 4 is 46.4 Å². The van der Waals surface area contributed by atoms with Crippen LogP contribution in [0.5, 0.6) is 5.75 Å². The minimum atomic E-state index is 0.125. The number of halogens is 2. The minimum Gasteiger partial charge on any atom is -0.507 e. The van der Waals surface area contributed by atoms with E-state index in [0.717, 1.165) is 21.9 Å². The summed E-state index contributed by atoms with van der Waals surface area (Å²) in [5.74, 6) is 0.193. The molecule has 142 valence electrons. The quantitative estimate of drug-likeness (QED) is 0.454. The van der Waals surface area contributed by atoms with Gasteiger partial charge in [0.2, 0.25) is 0 Å². The van der Waals surface area contributed by atoms with E-state index in [0.29, 0.717) is 22.0 Å². The number of fused-ring (bicyclic) bond motifs is 1. The number of aryl methyl sites for hydroxylation is 2. The molecule has 28 heavy (non-hydrogen) atoms. The number of phenols is 1. The second-order valence-electron chi connectivity index (χ2n) is 6.99. The molecule has 5 heteroatoms. The zero-order chi connectivity index (χ0) is 19.8. The maximum atomic E-state index is 10.6. The van der Waals surface area contributed by atoms with Gasteiger partial charge in [-0.3, -0.25) is 4.99 Å². The fraction of sp³-hybridized carbons (Fsp3) is 0.174. The number of hydrogen-bond donors (Lipinski definition) is 1. The van der Waals surface area contributed by atoms with Crippen LogP contribution in [0.2, 0.25) is 10.0 Å². The molecule has 0 bridgehead atoms. The Hall–Kier alpha value is -1.94. The summed E-state index contributed by atoms with van der Waals surface area (Å²) in [5, 5.41) is 12.0. The van der Waals surface area contributed by atoms with Crippen LogP contribution in [0.15, 0.2) is 64.5 Å². The molecule has 1 N–H and O–H groups in total. The summed E-state index contributed by atoms with van der Waals surface area (Å²) >= 11 is 14.6. The predicted molar refractivity (Wildman–Crippen MR) is 120 cm³/mol. The van der Waals surface area contributed by atoms with E-state index in [4.69, 9.17) is 28.2 Å². The van der Waals surface area contributed by atoms with Crippen molar-refractivity contribution < 1.29 is 5.11 Å². The van der Waals surface area contributed by atoms with Gasteiger partial charge in [-0.25, -0.2) is 0 Å². The van der Waals surface area contributed by atoms with Crippen LogP contribution in [-0.2, 0) is 0 Å². The number of nitrogens with zero attached hydrogens (tertiary/aromatic N) is 1. The van der Waals surface area contributed by atoms with Crippen molar-refractivity contribution in [2.75, 3.05) is 0 Å². The van der Waals surface area contributed by atoms with E-state index < -0.39 is 0 Å². The minimum absolute atomic E-state index is 0.125. The largest absolute Gasteiger partial charge is 0.507 e. The highest BCUT2D eigenvalue weighted by molar-refractivity contribution is 7.99. The van der Waals surface area contributed by atoms with Crippen LogP contribution in [0, 0.1) is 13.8 Å². The number of benzene rings is 3. The van der Waals surface area contributed by atoms with E-state index in [-0.39, 0.29) is 11.0 Å². The third-order valence-corrected chi connectivity index (χ3v) is 7.10. The molecule has 0 spiro atoms. The molecule has 1 unspecified atom stereocenters. The fourth-order valence-corrected chi connectivity index (χ4v) is 4.99. The molecule has 0 radical (unpaired) electrons. The van der Waals surface area contributed by atoms with Gasteiger partial charge in [-0.1, -0.05) is 59.1 Å². The molecule has 3 aromatic rings. The van der Waals surface area contributed by atoms with Crippen molar-refractivity contribution in [2.24, 2.45) is 4.99 Å². The zero-order valence-corrected chi connectivity index (χ0v) is 17.9. The Morgan fingerprint density at radius 2 is 1.75 bits per heavy atom. The average molecular weight is 428 g/mol. The third kappa shape index (κ3) is 3.80. The van der Waals surface area contributed by atoms with E-state index in [1.165, 1.54) is 11.1 Å². The lowest BCUT2D eigenvalue weighted by Crippen LogP contribution is -2.06. The first kappa shape index (κ1) is 19.4. The third-order valence-electron chi connectivity index (χ3n) is 4.88. The van der Waals surface area contributed by atoms with Gasteiger partial charge in [0.25, 0.3) is 0 Å². The first-order chi connectivity index (χ1) is 13.4. The number of phenolic OH excluding ortho intramolecular Hbond substituents is 1. The summed E-state index contributed by atoms with van der Waals surface area (Å²) in [6.45, 7) is 3.95. The van der Waals surface area contributed by atoms with Crippen LogP contribution >= 0.6 is 35.0 Å². The zero-order valence-electron chi connectivity index (χ0n) is 15.5. The summed E-state index contributed by atoms with van der Waals surface area (Å²) < 4.78 is 0. The summed E-state index contributed by atoms with van der Waals surface area (Å²) in [6.07, 6.45) is 0.658. The van der Waals surface area contributed by atoms with Crippen LogP contribution in [0.25, 0.3) is 0 Å². The van der Waals surface area contributed by atoms with Crippen molar-refractivity contribution in [3.63, 3.8) is 0 Å². The normalized spacial score (nSPS) is 16.3. The van der Waals surface area contributed by atoms with Gasteiger partial charge in [0.05, 0.1) is 21.3 Å². The highest BCUT2D eigenvalue weighted by Gasteiger charge is 2.25. The molecular formula is C23H19Cl2NOS. The van der Waals surface area contributed by atoms with E-state index >= 15 is 0 Å². The van der Waals surface area contributed by atoms with E-state index in [2.05, 4.69) is 31.2 Å². The van der Waals surface area contributed by atoms with Gasteiger partial charge in [-0.05, 0) is 49.2 Å². The lowest BCUT2D eigenvalue weighted by molar-refractivity contribution is 0.473. The Labute approximate surface area is 179 Å². The second kappa shape index (κ2) is 7.82. The van der Waals surface area contributed by atoms with Crippen LogP contribution < -0.4 is 0 Å². The van der Waals surface area contributed by atoms with Crippen LogP contribution in [0.4, 0.5) is 5.69 Å². The number of aromatic hydroxyl groups is 1. The Kier molecular flexibility index (Phi) is 5.42. The van der Waals surface area contributed by atoms with Crippen LogP contribution in [-0.4, -0.2) is 10.8 Å². The van der Waals surface area contributed by atoms with Crippen molar-refractivity contribution in [3.8, 4) is 5.75 Å². The number of thioether (sulfide) groups is 1. The molecule has 0 amide bonds. The Bertz CT molecular complexity index is 1080. The van der Waals surface area contributed by atoms with Crippen LogP contribution in [0.1, 0.15) is 33.9 Å². The predicted octanol–water partition coefficient (Wildman–Crippen LogP) is 7.67. The molecule has 0 saturated carbocycles. The summed E-state index contributed by atoms with van der Waals surface area (Å²) in [4.78, 5) is 5.85. The molecule has 4 rings (SSSR count). The number of rotatable bonds is 2. The maximum Gasteiger partial charge on any atom is 0.125 e. The van der Waals surface area contributed by atoms with E-state index in [9.17, 15) is 5.11 Å².